The first kappa shape index (κ1) is 32.2. The van der Waals surface area contributed by atoms with Gasteiger partial charge in [-0.15, -0.1) is 0 Å². The number of hydrogen-bond acceptors (Lipinski definition) is 1. The molecule has 0 radical (unpaired) electrons. The molecule has 7 rings (SSSR count). The molecular weight excluding hydrogens is 612 g/mol. The maximum atomic E-state index is 16.4. The monoisotopic (exact) mass is 654 g/mol. The van der Waals surface area contributed by atoms with Gasteiger partial charge in [-0.2, -0.15) is 27.4 Å². The van der Waals surface area contributed by atoms with Crippen molar-refractivity contribution in [2.45, 2.75) is 90.4 Å². The summed E-state index contributed by atoms with van der Waals surface area (Å²) in [5, 5.41) is 6.50. The first-order chi connectivity index (χ1) is 22.9. The molecule has 248 valence electrons. The van der Waals surface area contributed by atoms with Gasteiger partial charge in [0.1, 0.15) is 18.6 Å². The Labute approximate surface area is 279 Å². The third kappa shape index (κ3) is 4.73. The minimum absolute atomic E-state index is 0.0850. The lowest BCUT2D eigenvalue weighted by Gasteiger charge is -2.36. The minimum Gasteiger partial charge on any atom is -0.254 e. The van der Waals surface area contributed by atoms with E-state index in [4.69, 9.17) is 0 Å². The molecule has 0 unspecified atom stereocenters. The number of alkyl halides is 3. The topological polar surface area (TPSA) is 25.6 Å². The number of unbranched alkanes of at least 4 members (excludes halogenated alkanes) is 1. The van der Waals surface area contributed by atoms with Crippen LogP contribution in [-0.4, -0.2) is 9.78 Å². The molecule has 0 saturated heterocycles. The summed E-state index contributed by atoms with van der Waals surface area (Å²) < 4.78 is 64.5. The fourth-order valence-corrected chi connectivity index (χ4v) is 8.24. The van der Waals surface area contributed by atoms with Crippen molar-refractivity contribution >= 4 is 16.3 Å². The van der Waals surface area contributed by atoms with E-state index in [9.17, 15) is 13.2 Å². The summed E-state index contributed by atoms with van der Waals surface area (Å²) in [6, 6.07) is 16.6. The van der Waals surface area contributed by atoms with Gasteiger partial charge in [0.15, 0.2) is 23.6 Å². The van der Waals surface area contributed by atoms with E-state index < -0.39 is 22.8 Å². The summed E-state index contributed by atoms with van der Waals surface area (Å²) >= 11 is 0. The zero-order chi connectivity index (χ0) is 34.2. The SMILES string of the molecule is CCCCc1ccc2c3c4[n+](ccc13)C(CC)(CC)C=C(Cn1nc(C(F)(F)F)cc1-c1cccc[n+]1C)c1ccc(F)c(c1-4)C2(C)C. The molecule has 48 heavy (non-hydrogen) atoms. The standard InChI is InChI=1S/C40H42F4N4/c1-7-10-13-25-15-17-29-34-28(25)19-21-47-37(34)35-27(16-18-30(41)36(35)38(29,4)5)26(23-39(47,8-2)9-3)24-48-32(22-33(45-48)40(42,43)44)31-14-11-12-20-46(31)6/h11-12,14-23H,7-10,13,24H2,1-6H3/q+2. The van der Waals surface area contributed by atoms with Crippen LogP contribution in [-0.2, 0) is 37.1 Å². The lowest BCUT2D eigenvalue weighted by atomic mass is 9.67. The van der Waals surface area contributed by atoms with E-state index in [1.807, 2.05) is 31.4 Å². The number of allylic oxidation sites excluding steroid dienone is 2. The molecule has 0 bridgehead atoms. The van der Waals surface area contributed by atoms with Gasteiger partial charge in [0, 0.05) is 48.1 Å². The van der Waals surface area contributed by atoms with E-state index in [0.717, 1.165) is 71.5 Å². The number of rotatable bonds is 8. The molecule has 1 aliphatic heterocycles. The molecule has 2 aliphatic rings. The van der Waals surface area contributed by atoms with Crippen LogP contribution >= 0.6 is 0 Å². The summed E-state index contributed by atoms with van der Waals surface area (Å²) in [5.41, 5.74) is 5.34. The molecule has 8 heteroatoms. The van der Waals surface area contributed by atoms with Crippen LogP contribution in [0.4, 0.5) is 17.6 Å². The van der Waals surface area contributed by atoms with Crippen molar-refractivity contribution in [3.63, 3.8) is 0 Å². The summed E-state index contributed by atoms with van der Waals surface area (Å²) in [6.45, 7) is 10.8. The fraction of sp³-hybridized carbons (Fsp3) is 0.375. The molecule has 4 nitrogen and oxygen atoms in total. The molecule has 0 fully saturated rings. The van der Waals surface area contributed by atoms with Gasteiger partial charge < -0.3 is 0 Å². The Morgan fingerprint density at radius 1 is 0.938 bits per heavy atom. The van der Waals surface area contributed by atoms with E-state index in [1.165, 1.54) is 21.7 Å². The molecule has 3 aromatic heterocycles. The second kappa shape index (κ2) is 11.4. The highest BCUT2D eigenvalue weighted by Crippen LogP contribution is 2.53. The molecule has 1 aliphatic carbocycles. The van der Waals surface area contributed by atoms with Gasteiger partial charge in [0.25, 0.3) is 0 Å². The number of pyridine rings is 2. The summed E-state index contributed by atoms with van der Waals surface area (Å²) in [5.74, 6) is -0.279. The van der Waals surface area contributed by atoms with Crippen LogP contribution in [0.15, 0.2) is 73.1 Å². The molecule has 0 amide bonds. The quantitative estimate of drug-likeness (QED) is 0.121. The number of aryl methyl sites for hydroxylation is 2. The number of benzene rings is 2. The number of hydrogen-bond donors (Lipinski definition) is 0. The summed E-state index contributed by atoms with van der Waals surface area (Å²) in [6.07, 6.45) is 6.17. The number of halogens is 4. The molecule has 0 saturated carbocycles. The average molecular weight is 655 g/mol. The van der Waals surface area contributed by atoms with Crippen molar-refractivity contribution in [1.82, 2.24) is 9.78 Å². The van der Waals surface area contributed by atoms with Crippen molar-refractivity contribution in [2.75, 3.05) is 0 Å². The van der Waals surface area contributed by atoms with Crippen molar-refractivity contribution in [3.8, 4) is 22.6 Å². The second-order valence-electron chi connectivity index (χ2n) is 13.9. The van der Waals surface area contributed by atoms with Gasteiger partial charge in [0.2, 0.25) is 11.4 Å². The van der Waals surface area contributed by atoms with Crippen LogP contribution in [0.5, 0.6) is 0 Å². The molecule has 2 aromatic carbocycles. The zero-order valence-electron chi connectivity index (χ0n) is 28.5. The van der Waals surface area contributed by atoms with Crippen LogP contribution in [0.25, 0.3) is 39.0 Å². The zero-order valence-corrected chi connectivity index (χ0v) is 28.5. The lowest BCUT2D eigenvalue weighted by molar-refractivity contribution is -0.742. The molecule has 0 spiro atoms. The maximum Gasteiger partial charge on any atom is 0.435 e. The average Bonchev–Trinajstić information content (AvgIpc) is 3.44. The Morgan fingerprint density at radius 2 is 1.71 bits per heavy atom. The van der Waals surface area contributed by atoms with Crippen LogP contribution in [0.1, 0.15) is 88.2 Å². The molecule has 5 aromatic rings. The van der Waals surface area contributed by atoms with E-state index in [1.54, 1.807) is 10.6 Å². The predicted molar refractivity (Wildman–Crippen MR) is 181 cm³/mol. The van der Waals surface area contributed by atoms with Gasteiger partial charge in [-0.05, 0) is 58.7 Å². The van der Waals surface area contributed by atoms with Crippen LogP contribution < -0.4 is 9.13 Å². The molecule has 0 N–H and O–H groups in total. The summed E-state index contributed by atoms with van der Waals surface area (Å²) in [7, 11) is 1.81. The molecule has 4 heterocycles. The van der Waals surface area contributed by atoms with E-state index >= 15 is 4.39 Å². The first-order valence-corrected chi connectivity index (χ1v) is 17.0. The Hall–Kier alpha value is -4.33. The van der Waals surface area contributed by atoms with Gasteiger partial charge in [-0.25, -0.2) is 4.39 Å². The number of nitrogens with zero attached hydrogens (tertiary/aromatic N) is 4. The van der Waals surface area contributed by atoms with Gasteiger partial charge >= 0.3 is 6.18 Å². The smallest absolute Gasteiger partial charge is 0.254 e. The lowest BCUT2D eigenvalue weighted by Crippen LogP contribution is -2.56. The normalized spacial score (nSPS) is 15.8. The van der Waals surface area contributed by atoms with Crippen molar-refractivity contribution in [3.05, 3.63) is 107 Å². The third-order valence-corrected chi connectivity index (χ3v) is 10.9. The highest BCUT2D eigenvalue weighted by Gasteiger charge is 2.48. The van der Waals surface area contributed by atoms with Gasteiger partial charge in [0.05, 0.1) is 17.5 Å². The Bertz CT molecular complexity index is 2110. The highest BCUT2D eigenvalue weighted by atomic mass is 19.4. The van der Waals surface area contributed by atoms with E-state index in [-0.39, 0.29) is 12.4 Å². The van der Waals surface area contributed by atoms with Crippen LogP contribution in [0, 0.1) is 5.82 Å². The Kier molecular flexibility index (Phi) is 7.64. The highest BCUT2D eigenvalue weighted by molar-refractivity contribution is 6.04. The third-order valence-electron chi connectivity index (χ3n) is 10.9. The second-order valence-corrected chi connectivity index (χ2v) is 13.9. The first-order valence-electron chi connectivity index (χ1n) is 17.0. The Balaban J connectivity index is 1.56. The fourth-order valence-electron chi connectivity index (χ4n) is 8.24. The van der Waals surface area contributed by atoms with Crippen molar-refractivity contribution in [2.24, 2.45) is 7.05 Å². The molecule has 0 atom stereocenters. The predicted octanol–water partition coefficient (Wildman–Crippen LogP) is 9.23. The van der Waals surface area contributed by atoms with Crippen LogP contribution in [0.2, 0.25) is 0 Å². The van der Waals surface area contributed by atoms with Crippen molar-refractivity contribution < 1.29 is 26.7 Å². The van der Waals surface area contributed by atoms with E-state index in [0.29, 0.717) is 17.0 Å². The molecular formula is C40H42F4N4+2. The Morgan fingerprint density at radius 3 is 2.40 bits per heavy atom. The number of aromatic nitrogens is 4. The summed E-state index contributed by atoms with van der Waals surface area (Å²) in [4.78, 5) is 0. The maximum absolute atomic E-state index is 16.4. The van der Waals surface area contributed by atoms with E-state index in [2.05, 4.69) is 74.8 Å². The van der Waals surface area contributed by atoms with Crippen molar-refractivity contribution in [1.29, 1.82) is 0 Å². The largest absolute Gasteiger partial charge is 0.435 e. The minimum atomic E-state index is -4.61. The van der Waals surface area contributed by atoms with Gasteiger partial charge in [-0.1, -0.05) is 59.2 Å². The van der Waals surface area contributed by atoms with Gasteiger partial charge in [-0.3, -0.25) is 4.68 Å². The van der Waals surface area contributed by atoms with Crippen LogP contribution in [0.3, 0.4) is 0 Å².